The van der Waals surface area contributed by atoms with Crippen molar-refractivity contribution in [2.24, 2.45) is 0 Å². The molecule has 0 saturated heterocycles. The zero-order valence-electron chi connectivity index (χ0n) is 11.1. The Kier molecular flexibility index (Phi) is 4.96. The lowest BCUT2D eigenvalue weighted by atomic mass is 9.91. The average molecular weight is 272 g/mol. The van der Waals surface area contributed by atoms with Gasteiger partial charge in [0.1, 0.15) is 10.9 Å². The third-order valence-electron chi connectivity index (χ3n) is 2.19. The Morgan fingerprint density at radius 1 is 1.39 bits per heavy atom. The van der Waals surface area contributed by atoms with Gasteiger partial charge in [0.05, 0.1) is 12.3 Å². The third kappa shape index (κ3) is 4.18. The molecule has 0 fully saturated rings. The molecule has 0 amide bonds. The molecule has 1 aromatic heterocycles. The minimum atomic E-state index is -0.396. The fourth-order valence-electron chi connectivity index (χ4n) is 1.42. The third-order valence-corrected chi connectivity index (χ3v) is 2.40. The first-order valence-corrected chi connectivity index (χ1v) is 6.18. The zero-order chi connectivity index (χ0) is 13.8. The summed E-state index contributed by atoms with van der Waals surface area (Å²) in [6, 6.07) is 3.35. The highest BCUT2D eigenvalue weighted by atomic mass is 35.5. The van der Waals surface area contributed by atoms with Gasteiger partial charge in [-0.25, -0.2) is 9.78 Å². The van der Waals surface area contributed by atoms with Gasteiger partial charge < -0.3 is 9.47 Å². The summed E-state index contributed by atoms with van der Waals surface area (Å²) >= 11 is 5.88. The second-order valence-electron chi connectivity index (χ2n) is 4.82. The molecular weight excluding hydrogens is 254 g/mol. The standard InChI is InChI=1S/C13H18ClNO3/c1-5-17-11(16)8-18-9-6-7-10(14)15-12(9)13(2,3)4/h6-7H,5,8H2,1-4H3. The largest absolute Gasteiger partial charge is 0.480 e. The number of hydrogen-bond acceptors (Lipinski definition) is 4. The van der Waals surface area contributed by atoms with Gasteiger partial charge in [-0.1, -0.05) is 32.4 Å². The van der Waals surface area contributed by atoms with Crippen LogP contribution in [0.15, 0.2) is 12.1 Å². The van der Waals surface area contributed by atoms with Crippen molar-refractivity contribution in [3.63, 3.8) is 0 Å². The Morgan fingerprint density at radius 2 is 2.06 bits per heavy atom. The van der Waals surface area contributed by atoms with Crippen molar-refractivity contribution < 1.29 is 14.3 Å². The van der Waals surface area contributed by atoms with Crippen molar-refractivity contribution >= 4 is 17.6 Å². The van der Waals surface area contributed by atoms with E-state index >= 15 is 0 Å². The van der Waals surface area contributed by atoms with Gasteiger partial charge in [-0.2, -0.15) is 0 Å². The van der Waals surface area contributed by atoms with Crippen molar-refractivity contribution in [1.82, 2.24) is 4.98 Å². The van der Waals surface area contributed by atoms with Crippen LogP contribution in [0, 0.1) is 0 Å². The van der Waals surface area contributed by atoms with E-state index in [0.29, 0.717) is 17.5 Å². The Hall–Kier alpha value is -1.29. The first-order valence-electron chi connectivity index (χ1n) is 5.80. The van der Waals surface area contributed by atoms with Crippen molar-refractivity contribution in [2.75, 3.05) is 13.2 Å². The maximum atomic E-state index is 11.3. The molecule has 5 heteroatoms. The molecule has 100 valence electrons. The molecule has 0 N–H and O–H groups in total. The molecule has 0 saturated carbocycles. The predicted octanol–water partition coefficient (Wildman–Crippen LogP) is 2.97. The van der Waals surface area contributed by atoms with Gasteiger partial charge in [0, 0.05) is 5.41 Å². The van der Waals surface area contributed by atoms with Crippen LogP contribution in [0.1, 0.15) is 33.4 Å². The minimum Gasteiger partial charge on any atom is -0.480 e. The van der Waals surface area contributed by atoms with E-state index in [1.165, 1.54) is 0 Å². The number of ether oxygens (including phenoxy) is 2. The lowest BCUT2D eigenvalue weighted by Crippen LogP contribution is -2.19. The highest BCUT2D eigenvalue weighted by Gasteiger charge is 2.22. The molecule has 0 aliphatic heterocycles. The van der Waals surface area contributed by atoms with Crippen LogP contribution in [-0.4, -0.2) is 24.2 Å². The normalized spacial score (nSPS) is 11.2. The molecule has 0 aliphatic rings. The van der Waals surface area contributed by atoms with E-state index < -0.39 is 5.97 Å². The van der Waals surface area contributed by atoms with Gasteiger partial charge in [0.2, 0.25) is 0 Å². The number of pyridine rings is 1. The summed E-state index contributed by atoms with van der Waals surface area (Å²) in [6.45, 7) is 7.98. The van der Waals surface area contributed by atoms with E-state index in [2.05, 4.69) is 4.98 Å². The van der Waals surface area contributed by atoms with E-state index in [1.807, 2.05) is 20.8 Å². The molecule has 0 unspecified atom stereocenters. The number of carbonyl (C=O) groups excluding carboxylic acids is 1. The number of halogens is 1. The van der Waals surface area contributed by atoms with Gasteiger partial charge in [-0.15, -0.1) is 0 Å². The Balaban J connectivity index is 2.85. The van der Waals surface area contributed by atoms with Gasteiger partial charge >= 0.3 is 5.97 Å². The number of carbonyl (C=O) groups is 1. The summed E-state index contributed by atoms with van der Waals surface area (Å²) in [6.07, 6.45) is 0. The van der Waals surface area contributed by atoms with E-state index in [1.54, 1.807) is 19.1 Å². The molecule has 1 rings (SSSR count). The van der Waals surface area contributed by atoms with E-state index in [4.69, 9.17) is 21.1 Å². The quantitative estimate of drug-likeness (QED) is 0.624. The second kappa shape index (κ2) is 6.05. The van der Waals surface area contributed by atoms with Crippen LogP contribution in [0.4, 0.5) is 0 Å². The number of hydrogen-bond donors (Lipinski definition) is 0. The fourth-order valence-corrected chi connectivity index (χ4v) is 1.56. The molecule has 0 aliphatic carbocycles. The van der Waals surface area contributed by atoms with Crippen LogP contribution >= 0.6 is 11.6 Å². The molecule has 0 spiro atoms. The second-order valence-corrected chi connectivity index (χ2v) is 5.21. The fraction of sp³-hybridized carbons (Fsp3) is 0.538. The van der Waals surface area contributed by atoms with Crippen LogP contribution in [0.3, 0.4) is 0 Å². The zero-order valence-corrected chi connectivity index (χ0v) is 11.9. The number of esters is 1. The summed E-state index contributed by atoms with van der Waals surface area (Å²) < 4.78 is 10.2. The monoisotopic (exact) mass is 271 g/mol. The molecule has 1 aromatic rings. The summed E-state index contributed by atoms with van der Waals surface area (Å²) in [5.41, 5.74) is 0.508. The van der Waals surface area contributed by atoms with Crippen LogP contribution < -0.4 is 4.74 Å². The first kappa shape index (κ1) is 14.8. The molecule has 0 atom stereocenters. The molecule has 18 heavy (non-hydrogen) atoms. The molecule has 0 aromatic carbocycles. The Bertz CT molecular complexity index is 427. The summed E-state index contributed by atoms with van der Waals surface area (Å²) in [4.78, 5) is 15.5. The van der Waals surface area contributed by atoms with Crippen molar-refractivity contribution in [1.29, 1.82) is 0 Å². The summed E-state index contributed by atoms with van der Waals surface area (Å²) in [5.74, 6) is 0.160. The smallest absolute Gasteiger partial charge is 0.344 e. The highest BCUT2D eigenvalue weighted by Crippen LogP contribution is 2.30. The molecular formula is C13H18ClNO3. The maximum Gasteiger partial charge on any atom is 0.344 e. The lowest BCUT2D eigenvalue weighted by Gasteiger charge is -2.21. The maximum absolute atomic E-state index is 11.3. The van der Waals surface area contributed by atoms with Gasteiger partial charge in [-0.05, 0) is 19.1 Å². The van der Waals surface area contributed by atoms with E-state index in [-0.39, 0.29) is 12.0 Å². The predicted molar refractivity (Wildman–Crippen MR) is 70.1 cm³/mol. The van der Waals surface area contributed by atoms with Crippen molar-refractivity contribution in [2.45, 2.75) is 33.1 Å². The van der Waals surface area contributed by atoms with Crippen LogP contribution in [0.2, 0.25) is 5.15 Å². The summed E-state index contributed by atoms with van der Waals surface area (Å²) in [7, 11) is 0. The summed E-state index contributed by atoms with van der Waals surface area (Å²) in [5, 5.41) is 0.406. The van der Waals surface area contributed by atoms with E-state index in [9.17, 15) is 4.79 Å². The van der Waals surface area contributed by atoms with Crippen molar-refractivity contribution in [3.05, 3.63) is 23.0 Å². The number of nitrogens with zero attached hydrogens (tertiary/aromatic N) is 1. The van der Waals surface area contributed by atoms with E-state index in [0.717, 1.165) is 5.69 Å². The molecule has 1 heterocycles. The number of aromatic nitrogens is 1. The van der Waals surface area contributed by atoms with Crippen molar-refractivity contribution in [3.8, 4) is 5.75 Å². The van der Waals surface area contributed by atoms with Crippen LogP contribution in [0.25, 0.3) is 0 Å². The highest BCUT2D eigenvalue weighted by molar-refractivity contribution is 6.29. The molecule has 4 nitrogen and oxygen atoms in total. The van der Waals surface area contributed by atoms with Crippen LogP contribution in [0.5, 0.6) is 5.75 Å². The SMILES string of the molecule is CCOC(=O)COc1ccc(Cl)nc1C(C)(C)C. The lowest BCUT2D eigenvalue weighted by molar-refractivity contribution is -0.145. The Labute approximate surface area is 112 Å². The van der Waals surface area contributed by atoms with Crippen LogP contribution in [-0.2, 0) is 14.9 Å². The average Bonchev–Trinajstić information content (AvgIpc) is 2.26. The van der Waals surface area contributed by atoms with Gasteiger partial charge in [-0.3, -0.25) is 0 Å². The molecule has 0 radical (unpaired) electrons. The molecule has 0 bridgehead atoms. The first-order chi connectivity index (χ1) is 8.34. The van der Waals surface area contributed by atoms with Gasteiger partial charge in [0.15, 0.2) is 6.61 Å². The Morgan fingerprint density at radius 3 is 2.61 bits per heavy atom. The number of rotatable bonds is 4. The minimum absolute atomic E-state index is 0.125. The topological polar surface area (TPSA) is 48.4 Å². The van der Waals surface area contributed by atoms with Gasteiger partial charge in [0.25, 0.3) is 0 Å².